The van der Waals surface area contributed by atoms with Gasteiger partial charge in [-0.3, -0.25) is 14.9 Å². The zero-order chi connectivity index (χ0) is 21.5. The van der Waals surface area contributed by atoms with E-state index in [-0.39, 0.29) is 18.0 Å². The summed E-state index contributed by atoms with van der Waals surface area (Å²) in [5, 5.41) is 11.1. The maximum atomic E-state index is 12.6. The van der Waals surface area contributed by atoms with Gasteiger partial charge in [-0.1, -0.05) is 23.5 Å². The van der Waals surface area contributed by atoms with Crippen molar-refractivity contribution in [2.45, 2.75) is 26.8 Å². The van der Waals surface area contributed by atoms with Crippen molar-refractivity contribution >= 4 is 33.1 Å². The molecule has 0 atom stereocenters. The summed E-state index contributed by atoms with van der Waals surface area (Å²) in [6, 6.07) is 12.0. The van der Waals surface area contributed by atoms with Crippen LogP contribution in [0.2, 0.25) is 0 Å². The second-order valence-corrected chi connectivity index (χ2v) is 7.41. The van der Waals surface area contributed by atoms with Crippen LogP contribution in [0.1, 0.15) is 19.4 Å². The Morgan fingerprint density at radius 1 is 1.17 bits per heavy atom. The van der Waals surface area contributed by atoms with E-state index in [1.165, 1.54) is 23.5 Å². The van der Waals surface area contributed by atoms with Gasteiger partial charge in [0.1, 0.15) is 5.75 Å². The van der Waals surface area contributed by atoms with Crippen molar-refractivity contribution in [3.63, 3.8) is 0 Å². The highest BCUT2D eigenvalue weighted by Gasteiger charge is 2.13. The highest BCUT2D eigenvalue weighted by Crippen LogP contribution is 2.23. The van der Waals surface area contributed by atoms with Crippen molar-refractivity contribution in [3.8, 4) is 5.75 Å². The number of hydrogen-bond donors (Lipinski definition) is 0. The minimum Gasteiger partial charge on any atom is -0.494 e. The average molecular weight is 429 g/mol. The SMILES string of the molecule is CCOCCn1c(=NC(=O)Cc2ccc(OCC)cc2)sc2cc([N+](=O)[O-])ccc21. The van der Waals surface area contributed by atoms with Crippen molar-refractivity contribution in [3.05, 3.63) is 62.9 Å². The van der Waals surface area contributed by atoms with Gasteiger partial charge in [0.2, 0.25) is 0 Å². The van der Waals surface area contributed by atoms with Gasteiger partial charge in [0.05, 0.1) is 34.8 Å². The maximum absolute atomic E-state index is 12.6. The Morgan fingerprint density at radius 3 is 2.60 bits per heavy atom. The molecule has 0 saturated carbocycles. The number of aromatic nitrogens is 1. The van der Waals surface area contributed by atoms with Gasteiger partial charge in [0, 0.05) is 25.3 Å². The number of rotatable bonds is 9. The molecular weight excluding hydrogens is 406 g/mol. The molecule has 0 aliphatic rings. The molecule has 1 aromatic heterocycles. The first kappa shape index (κ1) is 21.7. The lowest BCUT2D eigenvalue weighted by Crippen LogP contribution is -2.20. The van der Waals surface area contributed by atoms with E-state index in [0.717, 1.165) is 16.8 Å². The fourth-order valence-electron chi connectivity index (χ4n) is 2.97. The Balaban J connectivity index is 1.90. The van der Waals surface area contributed by atoms with E-state index in [0.29, 0.717) is 35.9 Å². The largest absolute Gasteiger partial charge is 0.494 e. The van der Waals surface area contributed by atoms with Crippen molar-refractivity contribution in [1.29, 1.82) is 0 Å². The number of carbonyl (C=O) groups is 1. The van der Waals surface area contributed by atoms with Crippen LogP contribution in [0.3, 0.4) is 0 Å². The topological polar surface area (TPSA) is 96.0 Å². The van der Waals surface area contributed by atoms with Crippen LogP contribution in [0.25, 0.3) is 10.2 Å². The summed E-state index contributed by atoms with van der Waals surface area (Å²) in [5.41, 5.74) is 1.63. The molecule has 0 spiro atoms. The number of benzene rings is 2. The van der Waals surface area contributed by atoms with Crippen molar-refractivity contribution in [2.75, 3.05) is 19.8 Å². The highest BCUT2D eigenvalue weighted by molar-refractivity contribution is 7.16. The standard InChI is InChI=1S/C21H23N3O5S/c1-3-28-12-11-23-18-10-7-16(24(26)27)14-19(18)30-21(23)22-20(25)13-15-5-8-17(9-6-15)29-4-2/h5-10,14H,3-4,11-13H2,1-2H3. The Hall–Kier alpha value is -3.04. The fourth-order valence-corrected chi connectivity index (χ4v) is 4.07. The number of fused-ring (bicyclic) bond motifs is 1. The van der Waals surface area contributed by atoms with Crippen LogP contribution in [0.4, 0.5) is 5.69 Å². The van der Waals surface area contributed by atoms with E-state index < -0.39 is 4.92 Å². The van der Waals surface area contributed by atoms with E-state index >= 15 is 0 Å². The smallest absolute Gasteiger partial charge is 0.270 e. The molecule has 0 radical (unpaired) electrons. The predicted molar refractivity (Wildman–Crippen MR) is 115 cm³/mol. The second kappa shape index (κ2) is 10.1. The third kappa shape index (κ3) is 5.31. The summed E-state index contributed by atoms with van der Waals surface area (Å²) in [5.74, 6) is 0.468. The van der Waals surface area contributed by atoms with Crippen molar-refractivity contribution in [1.82, 2.24) is 4.57 Å². The van der Waals surface area contributed by atoms with E-state index in [4.69, 9.17) is 9.47 Å². The van der Waals surface area contributed by atoms with Crippen LogP contribution in [0.5, 0.6) is 5.75 Å². The summed E-state index contributed by atoms with van der Waals surface area (Å²) in [6.07, 6.45) is 0.159. The van der Waals surface area contributed by atoms with Crippen LogP contribution in [-0.2, 0) is 22.5 Å². The monoisotopic (exact) mass is 429 g/mol. The number of amides is 1. The van der Waals surface area contributed by atoms with Crippen molar-refractivity contribution < 1.29 is 19.2 Å². The molecule has 158 valence electrons. The average Bonchev–Trinajstić information content (AvgIpc) is 3.06. The molecule has 9 heteroatoms. The first-order chi connectivity index (χ1) is 14.5. The van der Waals surface area contributed by atoms with E-state index in [1.54, 1.807) is 6.07 Å². The molecule has 0 aliphatic carbocycles. The lowest BCUT2D eigenvalue weighted by Gasteiger charge is -2.05. The van der Waals surface area contributed by atoms with Gasteiger partial charge in [-0.15, -0.1) is 0 Å². The maximum Gasteiger partial charge on any atom is 0.270 e. The zero-order valence-corrected chi connectivity index (χ0v) is 17.7. The first-order valence-corrected chi connectivity index (χ1v) is 10.5. The van der Waals surface area contributed by atoms with Crippen LogP contribution >= 0.6 is 11.3 Å². The molecular formula is C21H23N3O5S. The third-order valence-corrected chi connectivity index (χ3v) is 5.39. The molecule has 0 unspecified atom stereocenters. The molecule has 0 aliphatic heterocycles. The number of carbonyl (C=O) groups excluding carboxylic acids is 1. The number of nitro groups is 1. The Morgan fingerprint density at radius 2 is 1.93 bits per heavy atom. The number of nitrogens with zero attached hydrogens (tertiary/aromatic N) is 3. The van der Waals surface area contributed by atoms with Crippen molar-refractivity contribution in [2.24, 2.45) is 4.99 Å². The van der Waals surface area contributed by atoms with Crippen LogP contribution in [0.15, 0.2) is 47.5 Å². The van der Waals surface area contributed by atoms with Gasteiger partial charge >= 0.3 is 0 Å². The van der Waals surface area contributed by atoms with Gasteiger partial charge in [0.25, 0.3) is 11.6 Å². The van der Waals surface area contributed by atoms with E-state index in [1.807, 2.05) is 42.7 Å². The molecule has 3 rings (SSSR count). The minimum atomic E-state index is -0.433. The lowest BCUT2D eigenvalue weighted by atomic mass is 10.1. The van der Waals surface area contributed by atoms with E-state index in [9.17, 15) is 14.9 Å². The lowest BCUT2D eigenvalue weighted by molar-refractivity contribution is -0.384. The summed E-state index contributed by atoms with van der Waals surface area (Å²) in [4.78, 5) is 28.0. The molecule has 0 bridgehead atoms. The first-order valence-electron chi connectivity index (χ1n) is 9.66. The van der Waals surface area contributed by atoms with Crippen LogP contribution in [-0.4, -0.2) is 35.2 Å². The quantitative estimate of drug-likeness (QED) is 0.293. The second-order valence-electron chi connectivity index (χ2n) is 6.40. The number of nitro benzene ring substituents is 1. The molecule has 3 aromatic rings. The molecule has 0 fully saturated rings. The normalized spacial score (nSPS) is 11.7. The van der Waals surface area contributed by atoms with Gasteiger partial charge < -0.3 is 14.0 Å². The number of non-ortho nitro benzene ring substituents is 1. The summed E-state index contributed by atoms with van der Waals surface area (Å²) in [7, 11) is 0. The van der Waals surface area contributed by atoms with E-state index in [2.05, 4.69) is 4.99 Å². The summed E-state index contributed by atoms with van der Waals surface area (Å²) < 4.78 is 13.4. The molecule has 8 nitrogen and oxygen atoms in total. The molecule has 1 amide bonds. The number of thiazole rings is 1. The van der Waals surface area contributed by atoms with Gasteiger partial charge in [-0.2, -0.15) is 4.99 Å². The molecule has 0 saturated heterocycles. The minimum absolute atomic E-state index is 0.00738. The van der Waals surface area contributed by atoms with Gasteiger partial charge in [0.15, 0.2) is 4.80 Å². The summed E-state index contributed by atoms with van der Waals surface area (Å²) in [6.45, 7) is 5.94. The molecule has 2 aromatic carbocycles. The Kier molecular flexibility index (Phi) is 7.31. The zero-order valence-electron chi connectivity index (χ0n) is 16.9. The molecule has 30 heavy (non-hydrogen) atoms. The number of ether oxygens (including phenoxy) is 2. The van der Waals surface area contributed by atoms with Crippen LogP contribution in [0, 0.1) is 10.1 Å². The Bertz CT molecular complexity index is 1100. The van der Waals surface area contributed by atoms with Gasteiger partial charge in [-0.05, 0) is 37.6 Å². The van der Waals surface area contributed by atoms with Crippen LogP contribution < -0.4 is 9.54 Å². The molecule has 1 heterocycles. The Labute approximate surface area is 177 Å². The fraction of sp³-hybridized carbons (Fsp3) is 0.333. The predicted octanol–water partition coefficient (Wildman–Crippen LogP) is 3.72. The third-order valence-electron chi connectivity index (χ3n) is 4.35. The summed E-state index contributed by atoms with van der Waals surface area (Å²) >= 11 is 1.26. The molecule has 0 N–H and O–H groups in total. The highest BCUT2D eigenvalue weighted by atomic mass is 32.1. The van der Waals surface area contributed by atoms with Gasteiger partial charge in [-0.25, -0.2) is 0 Å². The number of hydrogen-bond acceptors (Lipinski definition) is 6.